The quantitative estimate of drug-likeness (QED) is 0.405. The summed E-state index contributed by atoms with van der Waals surface area (Å²) in [6, 6.07) is 11.6. The summed E-state index contributed by atoms with van der Waals surface area (Å²) in [5.41, 5.74) is 6.35. The Morgan fingerprint density at radius 2 is 1.85 bits per heavy atom. The molecule has 0 saturated heterocycles. The van der Waals surface area contributed by atoms with E-state index in [1.54, 1.807) is 18.8 Å². The lowest BCUT2D eigenvalue weighted by atomic mass is 10.0. The first kappa shape index (κ1) is 22.2. The summed E-state index contributed by atoms with van der Waals surface area (Å²) in [5, 5.41) is 12.3. The summed E-state index contributed by atoms with van der Waals surface area (Å²) in [7, 11) is 3.33. The third-order valence-corrected chi connectivity index (χ3v) is 5.85. The van der Waals surface area contributed by atoms with E-state index >= 15 is 0 Å². The number of carbonyl (C=O) groups is 1. The van der Waals surface area contributed by atoms with E-state index in [2.05, 4.69) is 22.4 Å². The lowest BCUT2D eigenvalue weighted by molar-refractivity contribution is 0.111. The van der Waals surface area contributed by atoms with E-state index in [9.17, 15) is 9.59 Å². The van der Waals surface area contributed by atoms with Crippen molar-refractivity contribution in [1.82, 2.24) is 29.6 Å². The first-order chi connectivity index (χ1) is 15.8. The average molecular weight is 447 g/mol. The highest BCUT2D eigenvalue weighted by atomic mass is 16.5. The first-order valence-corrected chi connectivity index (χ1v) is 10.7. The van der Waals surface area contributed by atoms with Gasteiger partial charge in [-0.25, -0.2) is 4.79 Å². The number of nitrogens with zero attached hydrogens (tertiary/aromatic N) is 6. The average Bonchev–Trinajstić information content (AvgIpc) is 3.29. The van der Waals surface area contributed by atoms with Crippen LogP contribution < -0.4 is 10.4 Å². The van der Waals surface area contributed by atoms with Crippen molar-refractivity contribution in [2.75, 3.05) is 0 Å². The van der Waals surface area contributed by atoms with Gasteiger partial charge in [-0.1, -0.05) is 19.1 Å². The molecule has 4 aromatic rings. The van der Waals surface area contributed by atoms with Gasteiger partial charge >= 0.3 is 5.69 Å². The lowest BCUT2D eigenvalue weighted by Gasteiger charge is -2.15. The van der Waals surface area contributed by atoms with Gasteiger partial charge in [-0.05, 0) is 66.1 Å². The number of tetrazole rings is 1. The number of rotatable bonds is 7. The van der Waals surface area contributed by atoms with Gasteiger partial charge in [0, 0.05) is 30.8 Å². The first-order valence-electron chi connectivity index (χ1n) is 10.7. The van der Waals surface area contributed by atoms with Crippen LogP contribution in [0, 0.1) is 13.8 Å². The molecule has 0 amide bonds. The van der Waals surface area contributed by atoms with E-state index in [4.69, 9.17) is 4.74 Å². The summed E-state index contributed by atoms with van der Waals surface area (Å²) in [6.45, 7) is 6.20. The highest BCUT2D eigenvalue weighted by Gasteiger charge is 2.17. The van der Waals surface area contributed by atoms with Crippen molar-refractivity contribution >= 4 is 6.29 Å². The Morgan fingerprint density at radius 3 is 2.45 bits per heavy atom. The molecular formula is C24H26N6O3. The molecule has 0 bridgehead atoms. The molecule has 0 N–H and O–H groups in total. The van der Waals surface area contributed by atoms with Gasteiger partial charge in [0.25, 0.3) is 0 Å². The van der Waals surface area contributed by atoms with Crippen LogP contribution in [0.2, 0.25) is 0 Å². The normalized spacial score (nSPS) is 11.1. The molecule has 2 heterocycles. The van der Waals surface area contributed by atoms with Crippen LogP contribution in [-0.2, 0) is 27.1 Å². The molecule has 2 aromatic carbocycles. The predicted molar refractivity (Wildman–Crippen MR) is 124 cm³/mol. The molecular weight excluding hydrogens is 420 g/mol. The zero-order valence-electron chi connectivity index (χ0n) is 19.4. The second-order valence-corrected chi connectivity index (χ2v) is 7.93. The topological polar surface area (TPSA) is 96.8 Å². The number of ether oxygens (including phenoxy) is 1. The third kappa shape index (κ3) is 3.97. The van der Waals surface area contributed by atoms with Crippen LogP contribution in [0.5, 0.6) is 5.75 Å². The maximum Gasteiger partial charge on any atom is 0.368 e. The van der Waals surface area contributed by atoms with Crippen LogP contribution >= 0.6 is 0 Å². The minimum absolute atomic E-state index is 0.278. The Hall–Kier alpha value is -4.01. The summed E-state index contributed by atoms with van der Waals surface area (Å²) < 4.78 is 10.3. The van der Waals surface area contributed by atoms with Crippen LogP contribution in [0.1, 0.15) is 39.7 Å². The zero-order chi connectivity index (χ0) is 23.7. The number of aryl methyl sites for hydroxylation is 4. The molecule has 0 aliphatic carbocycles. The SMILES string of the molecule is CCc1cccc(-n2nnn(C)c2=O)c1COc1ccc(-c2nn(C)c(C=O)c2C)cc1C. The van der Waals surface area contributed by atoms with Crippen LogP contribution in [0.15, 0.2) is 41.2 Å². The molecule has 9 heteroatoms. The molecule has 9 nitrogen and oxygen atoms in total. The van der Waals surface area contributed by atoms with Gasteiger partial charge < -0.3 is 4.74 Å². The number of hydrogen-bond acceptors (Lipinski definition) is 6. The van der Waals surface area contributed by atoms with Crippen molar-refractivity contribution in [1.29, 1.82) is 0 Å². The fraction of sp³-hybridized carbons (Fsp3) is 0.292. The van der Waals surface area contributed by atoms with Crippen LogP contribution in [-0.4, -0.2) is 35.9 Å². The Labute approximate surface area is 191 Å². The molecule has 0 spiro atoms. The third-order valence-electron chi connectivity index (χ3n) is 5.85. The Morgan fingerprint density at radius 1 is 1.06 bits per heavy atom. The molecule has 2 aromatic heterocycles. The highest BCUT2D eigenvalue weighted by molar-refractivity contribution is 5.80. The van der Waals surface area contributed by atoms with E-state index in [0.29, 0.717) is 11.4 Å². The summed E-state index contributed by atoms with van der Waals surface area (Å²) in [5.74, 6) is 0.728. The lowest BCUT2D eigenvalue weighted by Crippen LogP contribution is -2.23. The molecule has 0 aliphatic heterocycles. The van der Waals surface area contributed by atoms with Crippen molar-refractivity contribution in [3.05, 3.63) is 74.8 Å². The Balaban J connectivity index is 1.65. The monoisotopic (exact) mass is 446 g/mol. The summed E-state index contributed by atoms with van der Waals surface area (Å²) >= 11 is 0. The van der Waals surface area contributed by atoms with Gasteiger partial charge in [0.15, 0.2) is 6.29 Å². The minimum atomic E-state index is -0.314. The van der Waals surface area contributed by atoms with Crippen molar-refractivity contribution in [2.45, 2.75) is 33.8 Å². The standard InChI is InChI=1S/C24H26N6O3/c1-6-17-8-7-9-20(30-24(32)29(5)26-27-30)19(17)14-33-22-11-10-18(12-15(22)2)23-16(3)21(13-31)28(4)25-23/h7-13H,6,14H2,1-5H3. The van der Waals surface area contributed by atoms with Crippen LogP contribution in [0.25, 0.3) is 16.9 Å². The Bertz CT molecular complexity index is 1400. The molecule has 170 valence electrons. The summed E-state index contributed by atoms with van der Waals surface area (Å²) in [4.78, 5) is 23.8. The van der Waals surface area contributed by atoms with Crippen molar-refractivity contribution in [2.24, 2.45) is 14.1 Å². The molecule has 0 unspecified atom stereocenters. The molecule has 0 saturated carbocycles. The largest absolute Gasteiger partial charge is 0.489 e. The zero-order valence-corrected chi connectivity index (χ0v) is 19.4. The van der Waals surface area contributed by atoms with Crippen molar-refractivity contribution in [3.8, 4) is 22.7 Å². The maximum atomic E-state index is 12.4. The van der Waals surface area contributed by atoms with Crippen LogP contribution in [0.4, 0.5) is 0 Å². The van der Waals surface area contributed by atoms with Gasteiger partial charge in [-0.15, -0.1) is 0 Å². The second-order valence-electron chi connectivity index (χ2n) is 7.93. The van der Waals surface area contributed by atoms with Gasteiger partial charge in [0.1, 0.15) is 18.1 Å². The van der Waals surface area contributed by atoms with Gasteiger partial charge in [0.2, 0.25) is 0 Å². The fourth-order valence-corrected chi connectivity index (χ4v) is 3.97. The molecule has 33 heavy (non-hydrogen) atoms. The second kappa shape index (κ2) is 8.85. The molecule has 0 atom stereocenters. The molecule has 0 fully saturated rings. The van der Waals surface area contributed by atoms with E-state index in [0.717, 1.165) is 52.0 Å². The number of benzene rings is 2. The van der Waals surface area contributed by atoms with Gasteiger partial charge in [-0.2, -0.15) is 14.5 Å². The Kier molecular flexibility index (Phi) is 5.95. The molecule has 4 rings (SSSR count). The fourth-order valence-electron chi connectivity index (χ4n) is 3.97. The molecule has 0 radical (unpaired) electrons. The van der Waals surface area contributed by atoms with Gasteiger partial charge in [-0.3, -0.25) is 9.48 Å². The smallest absolute Gasteiger partial charge is 0.368 e. The van der Waals surface area contributed by atoms with Crippen molar-refractivity contribution in [3.63, 3.8) is 0 Å². The maximum absolute atomic E-state index is 12.4. The number of carbonyl (C=O) groups excluding carboxylic acids is 1. The minimum Gasteiger partial charge on any atom is -0.489 e. The number of aromatic nitrogens is 6. The predicted octanol–water partition coefficient (Wildman–Crippen LogP) is 2.94. The van der Waals surface area contributed by atoms with E-state index in [1.807, 2.05) is 50.2 Å². The summed E-state index contributed by atoms with van der Waals surface area (Å²) in [6.07, 6.45) is 1.61. The highest BCUT2D eigenvalue weighted by Crippen LogP contribution is 2.29. The van der Waals surface area contributed by atoms with Gasteiger partial charge in [0.05, 0.1) is 11.4 Å². The van der Waals surface area contributed by atoms with E-state index in [1.165, 1.54) is 9.36 Å². The number of hydrogen-bond donors (Lipinski definition) is 0. The van der Waals surface area contributed by atoms with E-state index in [-0.39, 0.29) is 12.3 Å². The van der Waals surface area contributed by atoms with Crippen LogP contribution in [0.3, 0.4) is 0 Å². The van der Waals surface area contributed by atoms with E-state index < -0.39 is 0 Å². The van der Waals surface area contributed by atoms with Crippen molar-refractivity contribution < 1.29 is 9.53 Å². The molecule has 0 aliphatic rings. The number of aldehydes is 1.